The molecule has 1 aliphatic rings. The van der Waals surface area contributed by atoms with Gasteiger partial charge in [0.1, 0.15) is 0 Å². The van der Waals surface area contributed by atoms with E-state index in [9.17, 15) is 18.0 Å². The number of nitrogens with zero attached hydrogens (tertiary/aromatic N) is 3. The number of amides is 1. The average Bonchev–Trinajstić information content (AvgIpc) is 2.83. The van der Waals surface area contributed by atoms with Crippen LogP contribution < -0.4 is 0 Å². The van der Waals surface area contributed by atoms with Crippen molar-refractivity contribution in [3.8, 4) is 0 Å². The fraction of sp³-hybridized carbons (Fsp3) is 0.769. The summed E-state index contributed by atoms with van der Waals surface area (Å²) in [6, 6.07) is 0. The summed E-state index contributed by atoms with van der Waals surface area (Å²) >= 11 is 0. The molecule has 0 N–H and O–H groups in total. The molecule has 1 saturated heterocycles. The summed E-state index contributed by atoms with van der Waals surface area (Å²) in [4.78, 5) is 17.3. The highest BCUT2D eigenvalue weighted by Gasteiger charge is 2.42. The van der Waals surface area contributed by atoms with Gasteiger partial charge in [0.05, 0.1) is 5.92 Å². The molecule has 0 aliphatic carbocycles. The van der Waals surface area contributed by atoms with Gasteiger partial charge in [-0.1, -0.05) is 5.16 Å². The monoisotopic (exact) mass is 305 g/mol. The van der Waals surface area contributed by atoms with E-state index in [0.717, 1.165) is 0 Å². The number of hydrogen-bond donors (Lipinski definition) is 0. The third kappa shape index (κ3) is 4.44. The van der Waals surface area contributed by atoms with Crippen molar-refractivity contribution in [3.63, 3.8) is 0 Å². The van der Waals surface area contributed by atoms with E-state index >= 15 is 0 Å². The van der Waals surface area contributed by atoms with Crippen LogP contribution in [0.5, 0.6) is 0 Å². The number of piperidine rings is 1. The Hall–Kier alpha value is -1.60. The summed E-state index contributed by atoms with van der Waals surface area (Å²) < 4.78 is 43.0. The molecule has 2 heterocycles. The summed E-state index contributed by atoms with van der Waals surface area (Å²) in [7, 11) is 0. The first-order valence-electron chi connectivity index (χ1n) is 7.00. The lowest BCUT2D eigenvalue weighted by Gasteiger charge is -2.33. The Balaban J connectivity index is 1.77. The minimum Gasteiger partial charge on any atom is -0.342 e. The van der Waals surface area contributed by atoms with Crippen LogP contribution in [0.4, 0.5) is 13.2 Å². The van der Waals surface area contributed by atoms with E-state index in [1.165, 1.54) is 4.90 Å². The molecule has 8 heteroatoms. The lowest BCUT2D eigenvalue weighted by atomic mass is 9.97. The maximum atomic E-state index is 12.7. The standard InChI is InChI=1S/C13H18F3N3O2/c1-9-17-11(21-18-9)5-2-6-12(20)19-7-3-4-10(8-19)13(14,15)16/h10H,2-8H2,1H3. The molecule has 0 saturated carbocycles. The third-order valence-corrected chi connectivity index (χ3v) is 3.59. The number of likely N-dealkylation sites (tertiary alicyclic amines) is 1. The number of aryl methyl sites for hydroxylation is 2. The second kappa shape index (κ2) is 6.44. The van der Waals surface area contributed by atoms with Crippen LogP contribution >= 0.6 is 0 Å². The molecular weight excluding hydrogens is 287 g/mol. The van der Waals surface area contributed by atoms with Gasteiger partial charge in [0.25, 0.3) is 0 Å². The number of hydrogen-bond acceptors (Lipinski definition) is 4. The smallest absolute Gasteiger partial charge is 0.342 e. The van der Waals surface area contributed by atoms with Gasteiger partial charge in [-0.05, 0) is 26.2 Å². The summed E-state index contributed by atoms with van der Waals surface area (Å²) in [5.74, 6) is -0.651. The molecule has 21 heavy (non-hydrogen) atoms. The first-order valence-corrected chi connectivity index (χ1v) is 7.00. The molecule has 5 nitrogen and oxygen atoms in total. The average molecular weight is 305 g/mol. The Morgan fingerprint density at radius 2 is 2.24 bits per heavy atom. The number of rotatable bonds is 4. The van der Waals surface area contributed by atoms with Crippen LogP contribution in [0.15, 0.2) is 4.52 Å². The van der Waals surface area contributed by atoms with Crippen LogP contribution in [0.25, 0.3) is 0 Å². The van der Waals surface area contributed by atoms with Gasteiger partial charge in [0.15, 0.2) is 5.82 Å². The van der Waals surface area contributed by atoms with Crippen molar-refractivity contribution >= 4 is 5.91 Å². The first kappa shape index (κ1) is 15.8. The normalized spacial score (nSPS) is 19.8. The number of halogens is 3. The van der Waals surface area contributed by atoms with E-state index in [0.29, 0.717) is 37.5 Å². The highest BCUT2D eigenvalue weighted by Crippen LogP contribution is 2.33. The quantitative estimate of drug-likeness (QED) is 0.857. The Morgan fingerprint density at radius 1 is 1.48 bits per heavy atom. The largest absolute Gasteiger partial charge is 0.393 e. The predicted molar refractivity (Wildman–Crippen MR) is 67.3 cm³/mol. The van der Waals surface area contributed by atoms with Gasteiger partial charge in [0.2, 0.25) is 11.8 Å². The number of aromatic nitrogens is 2. The molecule has 2 rings (SSSR count). The molecule has 1 fully saturated rings. The van der Waals surface area contributed by atoms with Gasteiger partial charge in [-0.25, -0.2) is 0 Å². The maximum absolute atomic E-state index is 12.7. The van der Waals surface area contributed by atoms with Gasteiger partial charge < -0.3 is 9.42 Å². The topological polar surface area (TPSA) is 59.2 Å². The van der Waals surface area contributed by atoms with Gasteiger partial charge in [-0.15, -0.1) is 0 Å². The second-order valence-corrected chi connectivity index (χ2v) is 5.31. The van der Waals surface area contributed by atoms with Crippen LogP contribution in [0, 0.1) is 12.8 Å². The van der Waals surface area contributed by atoms with E-state index < -0.39 is 12.1 Å². The van der Waals surface area contributed by atoms with Crippen molar-refractivity contribution in [2.75, 3.05) is 13.1 Å². The number of carbonyl (C=O) groups excluding carboxylic acids is 1. The van der Waals surface area contributed by atoms with Gasteiger partial charge in [0, 0.05) is 25.9 Å². The first-order chi connectivity index (χ1) is 9.86. The van der Waals surface area contributed by atoms with Crippen molar-refractivity contribution in [1.29, 1.82) is 0 Å². The Labute approximate surface area is 120 Å². The van der Waals surface area contributed by atoms with Crippen LogP contribution in [-0.2, 0) is 11.2 Å². The van der Waals surface area contributed by atoms with Crippen molar-refractivity contribution in [2.24, 2.45) is 5.92 Å². The van der Waals surface area contributed by atoms with Crippen molar-refractivity contribution < 1.29 is 22.5 Å². The number of alkyl halides is 3. The van der Waals surface area contributed by atoms with Crippen molar-refractivity contribution in [2.45, 2.75) is 45.2 Å². The summed E-state index contributed by atoms with van der Waals surface area (Å²) in [5.41, 5.74) is 0. The fourth-order valence-corrected chi connectivity index (χ4v) is 2.46. The lowest BCUT2D eigenvalue weighted by Crippen LogP contribution is -2.44. The molecule has 0 spiro atoms. The molecule has 0 aromatic carbocycles. The van der Waals surface area contributed by atoms with Crippen LogP contribution in [0.3, 0.4) is 0 Å². The Morgan fingerprint density at radius 3 is 2.86 bits per heavy atom. The Kier molecular flexibility index (Phi) is 4.84. The Bertz CT molecular complexity index is 487. The van der Waals surface area contributed by atoms with E-state index in [1.54, 1.807) is 6.92 Å². The van der Waals surface area contributed by atoms with Crippen LogP contribution in [0.1, 0.15) is 37.4 Å². The van der Waals surface area contributed by atoms with Gasteiger partial charge in [-0.2, -0.15) is 18.2 Å². The SMILES string of the molecule is Cc1noc(CCCC(=O)N2CCCC(C(F)(F)F)C2)n1. The molecule has 1 aromatic rings. The minimum absolute atomic E-state index is 0.106. The molecule has 1 aromatic heterocycles. The second-order valence-electron chi connectivity index (χ2n) is 5.31. The molecule has 1 atom stereocenters. The lowest BCUT2D eigenvalue weighted by molar-refractivity contribution is -0.188. The molecular formula is C13H18F3N3O2. The zero-order valence-electron chi connectivity index (χ0n) is 11.8. The van der Waals surface area contributed by atoms with Crippen LogP contribution in [-0.4, -0.2) is 40.2 Å². The predicted octanol–water partition coefficient (Wildman–Crippen LogP) is 2.50. The molecule has 1 aliphatic heterocycles. The maximum Gasteiger partial charge on any atom is 0.393 e. The van der Waals surface area contributed by atoms with E-state index in [2.05, 4.69) is 10.1 Å². The van der Waals surface area contributed by atoms with E-state index in [-0.39, 0.29) is 25.3 Å². The van der Waals surface area contributed by atoms with Crippen molar-refractivity contribution in [3.05, 3.63) is 11.7 Å². The van der Waals surface area contributed by atoms with Crippen molar-refractivity contribution in [1.82, 2.24) is 15.0 Å². The number of carbonyl (C=O) groups is 1. The highest BCUT2D eigenvalue weighted by molar-refractivity contribution is 5.76. The third-order valence-electron chi connectivity index (χ3n) is 3.59. The molecule has 1 unspecified atom stereocenters. The highest BCUT2D eigenvalue weighted by atomic mass is 19.4. The molecule has 1 amide bonds. The molecule has 0 bridgehead atoms. The summed E-state index contributed by atoms with van der Waals surface area (Å²) in [6.07, 6.45) is -2.56. The molecule has 0 radical (unpaired) electrons. The fourth-order valence-electron chi connectivity index (χ4n) is 2.46. The molecule has 118 valence electrons. The summed E-state index contributed by atoms with van der Waals surface area (Å²) in [6.45, 7) is 1.89. The van der Waals surface area contributed by atoms with Gasteiger partial charge in [-0.3, -0.25) is 4.79 Å². The zero-order valence-corrected chi connectivity index (χ0v) is 11.8. The zero-order chi connectivity index (χ0) is 15.5. The van der Waals surface area contributed by atoms with Gasteiger partial charge >= 0.3 is 6.18 Å². The van der Waals surface area contributed by atoms with E-state index in [4.69, 9.17) is 4.52 Å². The summed E-state index contributed by atoms with van der Waals surface area (Å²) in [5, 5.41) is 3.63. The minimum atomic E-state index is -4.22. The van der Waals surface area contributed by atoms with Crippen LogP contribution in [0.2, 0.25) is 0 Å². The van der Waals surface area contributed by atoms with E-state index in [1.807, 2.05) is 0 Å².